The van der Waals surface area contributed by atoms with Crippen LogP contribution >= 0.6 is 23.2 Å². The van der Waals surface area contributed by atoms with E-state index in [2.05, 4.69) is 4.98 Å². The highest BCUT2D eigenvalue weighted by Crippen LogP contribution is 2.36. The van der Waals surface area contributed by atoms with E-state index in [9.17, 15) is 9.59 Å². The zero-order valence-corrected chi connectivity index (χ0v) is 24.3. The van der Waals surface area contributed by atoms with E-state index in [0.29, 0.717) is 49.7 Å². The first-order chi connectivity index (χ1) is 19.6. The number of halogens is 2. The number of para-hydroxylation sites is 1. The van der Waals surface area contributed by atoms with E-state index >= 15 is 0 Å². The number of nitrogen functional groups attached to an aromatic ring is 1. The summed E-state index contributed by atoms with van der Waals surface area (Å²) in [6, 6.07) is 23.3. The first kappa shape index (κ1) is 28.2. The minimum absolute atomic E-state index is 0.0646. The summed E-state index contributed by atoms with van der Waals surface area (Å²) in [5, 5.41) is 1.64. The summed E-state index contributed by atoms with van der Waals surface area (Å²) in [7, 11) is 3.42. The Morgan fingerprint density at radius 2 is 1.73 bits per heavy atom. The summed E-state index contributed by atoms with van der Waals surface area (Å²) in [6.07, 6.45) is 0.0646. The van der Waals surface area contributed by atoms with E-state index in [4.69, 9.17) is 33.7 Å². The number of benzene rings is 3. The summed E-state index contributed by atoms with van der Waals surface area (Å²) < 4.78 is 7.90. The molecule has 0 atom stereocenters. The van der Waals surface area contributed by atoms with E-state index in [1.54, 1.807) is 67.2 Å². The second kappa shape index (κ2) is 11.6. The smallest absolute Gasteiger partial charge is 0.232 e. The lowest BCUT2D eigenvalue weighted by molar-refractivity contribution is -0.117. The number of nitrogens with two attached hydrogens (primary N) is 1. The molecular weight excluding hydrogens is 559 g/mol. The number of ketones is 1. The number of ether oxygens (including phenoxy) is 1. The number of carbonyl (C=O) groups excluding carboxylic acids is 2. The predicted octanol–water partition coefficient (Wildman–Crippen LogP) is 6.79. The van der Waals surface area contributed by atoms with Crippen molar-refractivity contribution >= 4 is 57.2 Å². The maximum absolute atomic E-state index is 13.3. The molecule has 0 spiro atoms. The maximum Gasteiger partial charge on any atom is 0.232 e. The Bertz CT molecular complexity index is 1780. The SMILES string of the molecule is Cc1cc(OCc2c(Cl)ccc(N(C)C(=O)Cc3ccc(C(=O)c4ccc(N)cc4)n3C)c2Cl)c2ccccc2n1. The fourth-order valence-electron chi connectivity index (χ4n) is 4.66. The van der Waals surface area contributed by atoms with Gasteiger partial charge in [-0.25, -0.2) is 0 Å². The standard InChI is InChI=1S/C32H28Cl2N4O3/c1-19-16-29(23-6-4-5-7-26(23)36-19)41-18-24-25(33)13-15-27(31(24)34)38(3)30(39)17-22-12-14-28(37(22)2)32(40)20-8-10-21(35)11-9-20/h4-16H,17-18,35H2,1-3H3. The monoisotopic (exact) mass is 586 g/mol. The van der Waals surface area contributed by atoms with Crippen molar-refractivity contribution in [2.75, 3.05) is 17.7 Å². The van der Waals surface area contributed by atoms with Gasteiger partial charge in [0.05, 0.1) is 28.3 Å². The lowest BCUT2D eigenvalue weighted by Gasteiger charge is -2.21. The van der Waals surface area contributed by atoms with Gasteiger partial charge in [0.2, 0.25) is 11.7 Å². The second-order valence-corrected chi connectivity index (χ2v) is 10.6. The van der Waals surface area contributed by atoms with Crippen LogP contribution in [0.5, 0.6) is 5.75 Å². The zero-order chi connectivity index (χ0) is 29.3. The third-order valence-electron chi connectivity index (χ3n) is 7.04. The molecule has 0 unspecified atom stereocenters. The quantitative estimate of drug-likeness (QED) is 0.160. The van der Waals surface area contributed by atoms with Crippen molar-refractivity contribution in [3.63, 3.8) is 0 Å². The van der Waals surface area contributed by atoms with Crippen LogP contribution in [0.25, 0.3) is 10.9 Å². The van der Waals surface area contributed by atoms with Gasteiger partial charge in [0, 0.05) is 58.8 Å². The molecule has 0 aliphatic carbocycles. The summed E-state index contributed by atoms with van der Waals surface area (Å²) in [5.41, 5.74) is 10.7. The van der Waals surface area contributed by atoms with E-state index in [-0.39, 0.29) is 24.7 Å². The molecule has 41 heavy (non-hydrogen) atoms. The fourth-order valence-corrected chi connectivity index (χ4v) is 5.27. The Kier molecular flexibility index (Phi) is 8.01. The average Bonchev–Trinajstić information content (AvgIpc) is 3.31. The molecule has 3 aromatic carbocycles. The minimum atomic E-state index is -0.204. The average molecular weight is 588 g/mol. The van der Waals surface area contributed by atoms with Gasteiger partial charge in [-0.2, -0.15) is 0 Å². The van der Waals surface area contributed by atoms with Crippen LogP contribution in [0.2, 0.25) is 10.0 Å². The molecule has 0 aliphatic heterocycles. The number of amides is 1. The number of rotatable bonds is 8. The van der Waals surface area contributed by atoms with Gasteiger partial charge >= 0.3 is 0 Å². The van der Waals surface area contributed by atoms with Gasteiger partial charge in [-0.05, 0) is 67.6 Å². The lowest BCUT2D eigenvalue weighted by Crippen LogP contribution is -2.29. The molecule has 5 aromatic rings. The third kappa shape index (κ3) is 5.78. The Labute approximate surface area is 248 Å². The molecule has 1 amide bonds. The summed E-state index contributed by atoms with van der Waals surface area (Å²) in [5.74, 6) is 0.315. The molecular formula is C32H28Cl2N4O3. The number of hydrogen-bond acceptors (Lipinski definition) is 5. The van der Waals surface area contributed by atoms with Gasteiger partial charge in [-0.3, -0.25) is 14.6 Å². The second-order valence-electron chi connectivity index (χ2n) is 9.78. The molecule has 2 N–H and O–H groups in total. The van der Waals surface area contributed by atoms with Crippen LogP contribution in [0.3, 0.4) is 0 Å². The highest BCUT2D eigenvalue weighted by Gasteiger charge is 2.22. The van der Waals surface area contributed by atoms with Crippen molar-refractivity contribution in [3.05, 3.63) is 117 Å². The van der Waals surface area contributed by atoms with E-state index < -0.39 is 0 Å². The van der Waals surface area contributed by atoms with Crippen molar-refractivity contribution in [1.29, 1.82) is 0 Å². The third-order valence-corrected chi connectivity index (χ3v) is 7.82. The normalized spacial score (nSPS) is 11.0. The topological polar surface area (TPSA) is 90.5 Å². The van der Waals surface area contributed by atoms with Crippen LogP contribution in [-0.2, 0) is 24.9 Å². The van der Waals surface area contributed by atoms with Crippen LogP contribution in [0.4, 0.5) is 11.4 Å². The highest BCUT2D eigenvalue weighted by molar-refractivity contribution is 6.38. The zero-order valence-electron chi connectivity index (χ0n) is 22.8. The Hall–Kier alpha value is -4.33. The number of anilines is 2. The molecule has 0 bridgehead atoms. The van der Waals surface area contributed by atoms with Crippen LogP contribution in [0.15, 0.2) is 78.9 Å². The van der Waals surface area contributed by atoms with Gasteiger partial charge in [-0.15, -0.1) is 0 Å². The molecule has 0 radical (unpaired) electrons. The van der Waals surface area contributed by atoms with Crippen LogP contribution in [0, 0.1) is 6.92 Å². The van der Waals surface area contributed by atoms with Crippen molar-refractivity contribution in [3.8, 4) is 5.75 Å². The van der Waals surface area contributed by atoms with Gasteiger partial charge in [0.25, 0.3) is 0 Å². The van der Waals surface area contributed by atoms with Gasteiger partial charge < -0.3 is 19.9 Å². The molecule has 2 aromatic heterocycles. The van der Waals surface area contributed by atoms with Crippen LogP contribution in [-0.4, -0.2) is 28.3 Å². The number of nitrogens with zero attached hydrogens (tertiary/aromatic N) is 3. The first-order valence-electron chi connectivity index (χ1n) is 12.9. The Morgan fingerprint density at radius 3 is 2.49 bits per heavy atom. The van der Waals surface area contributed by atoms with E-state index in [1.165, 1.54) is 4.90 Å². The molecule has 0 fully saturated rings. The van der Waals surface area contributed by atoms with Crippen LogP contribution in [0.1, 0.15) is 33.0 Å². The van der Waals surface area contributed by atoms with Crippen LogP contribution < -0.4 is 15.4 Å². The number of carbonyl (C=O) groups is 2. The van der Waals surface area contributed by atoms with Gasteiger partial charge in [-0.1, -0.05) is 35.3 Å². The molecule has 0 aliphatic rings. The first-order valence-corrected chi connectivity index (χ1v) is 13.7. The molecule has 7 nitrogen and oxygen atoms in total. The fraction of sp³-hybridized carbons (Fsp3) is 0.156. The number of aromatic nitrogens is 2. The molecule has 0 saturated heterocycles. The number of likely N-dealkylation sites (N-methyl/N-ethyl adjacent to an activating group) is 1. The van der Waals surface area contributed by atoms with Crippen molar-refractivity contribution in [2.45, 2.75) is 20.0 Å². The minimum Gasteiger partial charge on any atom is -0.488 e. The summed E-state index contributed by atoms with van der Waals surface area (Å²) >= 11 is 13.3. The lowest BCUT2D eigenvalue weighted by atomic mass is 10.1. The molecule has 0 saturated carbocycles. The molecule has 208 valence electrons. The molecule has 2 heterocycles. The van der Waals surface area contributed by atoms with Crippen molar-refractivity contribution in [2.24, 2.45) is 7.05 Å². The molecule has 5 rings (SSSR count). The van der Waals surface area contributed by atoms with E-state index in [1.807, 2.05) is 37.3 Å². The Balaban J connectivity index is 1.34. The molecule has 9 heteroatoms. The van der Waals surface area contributed by atoms with Crippen molar-refractivity contribution in [1.82, 2.24) is 9.55 Å². The number of aryl methyl sites for hydroxylation is 1. The predicted molar refractivity (Wildman–Crippen MR) is 164 cm³/mol. The maximum atomic E-state index is 13.3. The summed E-state index contributed by atoms with van der Waals surface area (Å²) in [6.45, 7) is 2.01. The van der Waals surface area contributed by atoms with E-state index in [0.717, 1.165) is 16.6 Å². The van der Waals surface area contributed by atoms with Crippen molar-refractivity contribution < 1.29 is 14.3 Å². The van der Waals surface area contributed by atoms with Gasteiger partial charge in [0.15, 0.2) is 0 Å². The van der Waals surface area contributed by atoms with Gasteiger partial charge in [0.1, 0.15) is 12.4 Å². The largest absolute Gasteiger partial charge is 0.488 e. The Morgan fingerprint density at radius 1 is 1.00 bits per heavy atom. The summed E-state index contributed by atoms with van der Waals surface area (Å²) in [4.78, 5) is 32.4. The number of pyridine rings is 1. The number of fused-ring (bicyclic) bond motifs is 1. The highest BCUT2D eigenvalue weighted by atomic mass is 35.5. The number of hydrogen-bond donors (Lipinski definition) is 1.